The van der Waals surface area contributed by atoms with E-state index in [4.69, 9.17) is 19.0 Å². The van der Waals surface area contributed by atoms with Gasteiger partial charge < -0.3 is 23.8 Å². The van der Waals surface area contributed by atoms with Crippen LogP contribution in [0.5, 0.6) is 0 Å². The third-order valence-corrected chi connectivity index (χ3v) is 6.51. The lowest BCUT2D eigenvalue weighted by molar-refractivity contribution is 0.00578. The Hall–Kier alpha value is -2.32. The van der Waals surface area contributed by atoms with Crippen molar-refractivity contribution in [2.45, 2.75) is 65.3 Å². The molecule has 8 heteroatoms. The number of ether oxygens (including phenoxy) is 1. The first-order chi connectivity index (χ1) is 14.9. The van der Waals surface area contributed by atoms with E-state index in [-0.39, 0.29) is 17.3 Å². The topological polar surface area (TPSA) is 64.1 Å². The molecule has 1 aromatic heterocycles. The van der Waals surface area contributed by atoms with E-state index in [1.54, 1.807) is 4.90 Å². The first kappa shape index (κ1) is 22.9. The predicted octanol–water partition coefficient (Wildman–Crippen LogP) is 3.59. The number of piperazine rings is 1. The molecule has 0 unspecified atom stereocenters. The van der Waals surface area contributed by atoms with Gasteiger partial charge in [0.1, 0.15) is 11.4 Å². The van der Waals surface area contributed by atoms with Crippen molar-refractivity contribution in [1.29, 1.82) is 0 Å². The van der Waals surface area contributed by atoms with Crippen LogP contribution in [-0.4, -0.2) is 66.1 Å². The first-order valence-corrected chi connectivity index (χ1v) is 11.3. The highest BCUT2D eigenvalue weighted by molar-refractivity contribution is 6.65. The van der Waals surface area contributed by atoms with Crippen LogP contribution in [0.25, 0.3) is 10.9 Å². The normalized spacial score (nSPS) is 20.7. The molecule has 2 aliphatic heterocycles. The van der Waals surface area contributed by atoms with Gasteiger partial charge in [-0.2, -0.15) is 0 Å². The van der Waals surface area contributed by atoms with Crippen molar-refractivity contribution in [1.82, 2.24) is 9.88 Å². The lowest BCUT2D eigenvalue weighted by atomic mass is 9.76. The summed E-state index contributed by atoms with van der Waals surface area (Å²) in [5, 5.41) is 1.03. The standard InChI is InChI=1S/C24H34BN3O4/c1-22(2,3)30-21(29)28-15-13-27(14-16-28)20-12-11-17-18(9-8-10-19(17)26-20)25-31-23(4,5)24(6,7)32-25/h8-12H,13-16H2,1-7H3. The maximum Gasteiger partial charge on any atom is 0.495 e. The average molecular weight is 439 g/mol. The largest absolute Gasteiger partial charge is 0.495 e. The molecule has 2 saturated heterocycles. The number of nitrogens with zero attached hydrogens (tertiary/aromatic N) is 3. The molecule has 0 atom stereocenters. The van der Waals surface area contributed by atoms with Gasteiger partial charge in [-0.1, -0.05) is 12.1 Å². The molecule has 0 radical (unpaired) electrons. The van der Waals surface area contributed by atoms with E-state index in [9.17, 15) is 4.79 Å². The Morgan fingerprint density at radius 2 is 1.62 bits per heavy atom. The van der Waals surface area contributed by atoms with E-state index in [2.05, 4.69) is 38.7 Å². The number of benzene rings is 1. The molecule has 3 heterocycles. The van der Waals surface area contributed by atoms with Crippen molar-refractivity contribution in [3.63, 3.8) is 0 Å². The lowest BCUT2D eigenvalue weighted by Crippen LogP contribution is -2.50. The smallest absolute Gasteiger partial charge is 0.444 e. The Balaban J connectivity index is 1.49. The molecular formula is C24H34BN3O4. The number of rotatable bonds is 2. The number of carbonyl (C=O) groups excluding carboxylic acids is 1. The van der Waals surface area contributed by atoms with E-state index < -0.39 is 12.7 Å². The zero-order chi connectivity index (χ0) is 23.3. The van der Waals surface area contributed by atoms with Gasteiger partial charge in [0.2, 0.25) is 0 Å². The maximum atomic E-state index is 12.3. The van der Waals surface area contributed by atoms with Crippen molar-refractivity contribution in [3.05, 3.63) is 30.3 Å². The fraction of sp³-hybridized carbons (Fsp3) is 0.583. The summed E-state index contributed by atoms with van der Waals surface area (Å²) < 4.78 is 18.0. The monoisotopic (exact) mass is 439 g/mol. The van der Waals surface area contributed by atoms with E-state index in [0.717, 1.165) is 22.2 Å². The molecule has 4 rings (SSSR count). The summed E-state index contributed by atoms with van der Waals surface area (Å²) in [5.74, 6) is 0.910. The Bertz CT molecular complexity index is 994. The first-order valence-electron chi connectivity index (χ1n) is 11.3. The van der Waals surface area contributed by atoms with Gasteiger partial charge in [0, 0.05) is 31.6 Å². The third kappa shape index (κ3) is 4.43. The second-order valence-corrected chi connectivity index (χ2v) is 10.6. The van der Waals surface area contributed by atoms with Gasteiger partial charge >= 0.3 is 13.2 Å². The molecule has 0 saturated carbocycles. The summed E-state index contributed by atoms with van der Waals surface area (Å²) in [6.45, 7) is 16.6. The van der Waals surface area contributed by atoms with Gasteiger partial charge in [0.15, 0.2) is 0 Å². The van der Waals surface area contributed by atoms with E-state index >= 15 is 0 Å². The molecule has 1 aromatic carbocycles. The molecule has 7 nitrogen and oxygen atoms in total. The second kappa shape index (κ2) is 7.92. The second-order valence-electron chi connectivity index (χ2n) is 10.6. The van der Waals surface area contributed by atoms with Crippen LogP contribution in [0.2, 0.25) is 0 Å². The van der Waals surface area contributed by atoms with Crippen molar-refractivity contribution in [2.24, 2.45) is 0 Å². The van der Waals surface area contributed by atoms with Crippen LogP contribution >= 0.6 is 0 Å². The molecular weight excluding hydrogens is 405 g/mol. The van der Waals surface area contributed by atoms with E-state index in [1.165, 1.54) is 0 Å². The molecule has 0 spiro atoms. The van der Waals surface area contributed by atoms with E-state index in [0.29, 0.717) is 26.2 Å². The fourth-order valence-electron chi connectivity index (χ4n) is 3.96. The van der Waals surface area contributed by atoms with Crippen molar-refractivity contribution in [2.75, 3.05) is 31.1 Å². The number of hydrogen-bond donors (Lipinski definition) is 0. The van der Waals surface area contributed by atoms with Gasteiger partial charge in [-0.15, -0.1) is 0 Å². The highest BCUT2D eigenvalue weighted by Crippen LogP contribution is 2.37. The molecule has 0 N–H and O–H groups in total. The minimum absolute atomic E-state index is 0.254. The van der Waals surface area contributed by atoms with Gasteiger partial charge in [-0.05, 0) is 72.1 Å². The minimum Gasteiger partial charge on any atom is -0.444 e. The molecule has 2 aromatic rings. The Morgan fingerprint density at radius 1 is 1.00 bits per heavy atom. The number of anilines is 1. The summed E-state index contributed by atoms with van der Waals surface area (Å²) in [7, 11) is -0.422. The maximum absolute atomic E-state index is 12.3. The minimum atomic E-state index is -0.483. The summed E-state index contributed by atoms with van der Waals surface area (Å²) in [6, 6.07) is 10.2. The van der Waals surface area contributed by atoms with Gasteiger partial charge in [0.25, 0.3) is 0 Å². The number of aromatic nitrogens is 1. The Kier molecular flexibility index (Phi) is 5.66. The molecule has 172 valence electrons. The van der Waals surface area contributed by atoms with Crippen LogP contribution in [0, 0.1) is 0 Å². The highest BCUT2D eigenvalue weighted by atomic mass is 16.7. The van der Waals surface area contributed by atoms with E-state index in [1.807, 2.05) is 45.0 Å². The number of amides is 1. The van der Waals surface area contributed by atoms with Crippen LogP contribution in [0.3, 0.4) is 0 Å². The van der Waals surface area contributed by atoms with Crippen molar-refractivity contribution >= 4 is 35.4 Å². The van der Waals surface area contributed by atoms with Crippen molar-refractivity contribution in [3.8, 4) is 0 Å². The number of pyridine rings is 1. The van der Waals surface area contributed by atoms with Crippen molar-refractivity contribution < 1.29 is 18.8 Å². The summed E-state index contributed by atoms with van der Waals surface area (Å²) in [4.78, 5) is 21.2. The average Bonchev–Trinajstić information content (AvgIpc) is 2.93. The summed E-state index contributed by atoms with van der Waals surface area (Å²) in [6.07, 6.45) is -0.254. The van der Waals surface area contributed by atoms with Gasteiger partial charge in [-0.25, -0.2) is 9.78 Å². The van der Waals surface area contributed by atoms with Gasteiger partial charge in [-0.3, -0.25) is 0 Å². The summed E-state index contributed by atoms with van der Waals surface area (Å²) in [5.41, 5.74) is 0.643. The Morgan fingerprint density at radius 3 is 2.22 bits per heavy atom. The fourth-order valence-corrected chi connectivity index (χ4v) is 3.96. The lowest BCUT2D eigenvalue weighted by Gasteiger charge is -2.36. The summed E-state index contributed by atoms with van der Waals surface area (Å²) >= 11 is 0. The number of carbonyl (C=O) groups is 1. The molecule has 32 heavy (non-hydrogen) atoms. The molecule has 2 aliphatic rings. The van der Waals surface area contributed by atoms with Crippen LogP contribution < -0.4 is 10.4 Å². The van der Waals surface area contributed by atoms with Gasteiger partial charge in [0.05, 0.1) is 16.7 Å². The zero-order valence-electron chi connectivity index (χ0n) is 20.3. The zero-order valence-corrected chi connectivity index (χ0v) is 20.3. The predicted molar refractivity (Wildman–Crippen MR) is 127 cm³/mol. The molecule has 2 fully saturated rings. The number of hydrogen-bond acceptors (Lipinski definition) is 6. The van der Waals surface area contributed by atoms with Crippen LogP contribution in [0.15, 0.2) is 30.3 Å². The van der Waals surface area contributed by atoms with Crippen LogP contribution in [-0.2, 0) is 14.0 Å². The number of fused-ring (bicyclic) bond motifs is 1. The molecule has 0 bridgehead atoms. The highest BCUT2D eigenvalue weighted by Gasteiger charge is 2.52. The quantitative estimate of drug-likeness (QED) is 0.667. The SMILES string of the molecule is CC(C)(C)OC(=O)N1CCN(c2ccc3c(B4OC(C)(C)C(C)(C)O4)cccc3n2)CC1. The molecule has 1 amide bonds. The van der Waals surface area contributed by atoms with Crippen LogP contribution in [0.1, 0.15) is 48.5 Å². The third-order valence-electron chi connectivity index (χ3n) is 6.51. The van der Waals surface area contributed by atoms with Crippen LogP contribution in [0.4, 0.5) is 10.6 Å². The molecule has 0 aliphatic carbocycles. The Labute approximate surface area is 191 Å².